The molecule has 0 spiro atoms. The molecule has 30 heavy (non-hydrogen) atoms. The van der Waals surface area contributed by atoms with E-state index in [1.54, 1.807) is 4.31 Å². The first-order valence-corrected chi connectivity index (χ1v) is 10.6. The minimum absolute atomic E-state index is 0.0423. The summed E-state index contributed by atoms with van der Waals surface area (Å²) in [5.74, 6) is -2.89. The summed E-state index contributed by atoms with van der Waals surface area (Å²) in [5, 5.41) is 4.63. The van der Waals surface area contributed by atoms with Gasteiger partial charge in [-0.3, -0.25) is 9.59 Å². The lowest BCUT2D eigenvalue weighted by Gasteiger charge is -2.20. The van der Waals surface area contributed by atoms with Gasteiger partial charge in [-0.25, -0.2) is 13.8 Å². The maximum atomic E-state index is 14.8. The first-order chi connectivity index (χ1) is 14.3. The third-order valence-electron chi connectivity index (χ3n) is 4.46. The number of carbonyl (C=O) groups is 2. The van der Waals surface area contributed by atoms with Gasteiger partial charge in [-0.05, 0) is 37.1 Å². The molecule has 2 aromatic rings. The zero-order chi connectivity index (χ0) is 21.7. The van der Waals surface area contributed by atoms with Crippen LogP contribution in [0.3, 0.4) is 0 Å². The van der Waals surface area contributed by atoms with E-state index in [1.165, 1.54) is 25.3 Å². The lowest BCUT2D eigenvalue weighted by atomic mass is 10.2. The number of hydrogen-bond donors (Lipinski definition) is 3. The van der Waals surface area contributed by atoms with Crippen molar-refractivity contribution in [1.82, 2.24) is 9.29 Å². The maximum Gasteiger partial charge on any atom is 0.257 e. The fourth-order valence-corrected chi connectivity index (χ4v) is 4.12. The molecule has 160 valence electrons. The average molecular weight is 438 g/mol. The number of thiol groups is 1. The summed E-state index contributed by atoms with van der Waals surface area (Å²) in [6, 6.07) is 4.88. The van der Waals surface area contributed by atoms with Gasteiger partial charge in [0.1, 0.15) is 23.0 Å². The largest absolute Gasteiger partial charge is 0.317 e. The number of rotatable bonds is 6. The molecule has 1 aromatic carbocycles. The molecular formula is C19H22F2N5O3S+. The van der Waals surface area contributed by atoms with Crippen LogP contribution in [0.1, 0.15) is 36.5 Å². The van der Waals surface area contributed by atoms with Crippen LogP contribution in [0.15, 0.2) is 30.5 Å². The molecule has 2 amide bonds. The third-order valence-corrected chi connectivity index (χ3v) is 5.81. The normalized spacial score (nSPS) is 15.3. The van der Waals surface area contributed by atoms with Crippen molar-refractivity contribution in [3.05, 3.63) is 47.7 Å². The van der Waals surface area contributed by atoms with Crippen LogP contribution in [-0.2, 0) is 20.2 Å². The van der Waals surface area contributed by atoms with E-state index < -0.39 is 34.4 Å². The highest BCUT2D eigenvalue weighted by Gasteiger charge is 2.24. The van der Waals surface area contributed by atoms with E-state index in [-0.39, 0.29) is 23.0 Å². The van der Waals surface area contributed by atoms with E-state index in [1.807, 2.05) is 0 Å². The molecule has 0 saturated carbocycles. The second-order valence-corrected chi connectivity index (χ2v) is 8.09. The molecule has 0 radical (unpaired) electrons. The van der Waals surface area contributed by atoms with Gasteiger partial charge in [0.2, 0.25) is 17.1 Å². The monoisotopic (exact) mass is 438 g/mol. The Hall–Kier alpha value is -2.92. The van der Waals surface area contributed by atoms with Crippen molar-refractivity contribution in [2.75, 3.05) is 28.4 Å². The average Bonchev–Trinajstić information content (AvgIpc) is 2.73. The van der Waals surface area contributed by atoms with E-state index in [0.717, 1.165) is 31.4 Å². The van der Waals surface area contributed by atoms with Gasteiger partial charge in [0.05, 0.1) is 5.56 Å². The van der Waals surface area contributed by atoms with E-state index in [4.69, 9.17) is 0 Å². The van der Waals surface area contributed by atoms with Crippen molar-refractivity contribution < 1.29 is 22.6 Å². The van der Waals surface area contributed by atoms with Gasteiger partial charge in [-0.15, -0.1) is 4.31 Å². The van der Waals surface area contributed by atoms with Crippen LogP contribution in [0.2, 0.25) is 0 Å². The lowest BCUT2D eigenvalue weighted by molar-refractivity contribution is -0.114. The number of hydrogen-bond acceptors (Lipinski definition) is 4. The number of pyridine rings is 1. The van der Waals surface area contributed by atoms with E-state index in [9.17, 15) is 22.6 Å². The topological polar surface area (TPSA) is 103 Å². The first-order valence-electron chi connectivity index (χ1n) is 9.37. The number of piperidine rings is 1. The van der Waals surface area contributed by atoms with Gasteiger partial charge in [0.15, 0.2) is 5.82 Å². The number of anilines is 3. The third kappa shape index (κ3) is 5.36. The summed E-state index contributed by atoms with van der Waals surface area (Å²) < 4.78 is 45.7. The van der Waals surface area contributed by atoms with Crippen molar-refractivity contribution in [1.29, 1.82) is 0 Å². The Bertz CT molecular complexity index is 965. The van der Waals surface area contributed by atoms with Crippen molar-refractivity contribution in [2.24, 2.45) is 0 Å². The fraction of sp³-hybridized carbons (Fsp3) is 0.316. The molecule has 2 heterocycles. The molecule has 1 fully saturated rings. The van der Waals surface area contributed by atoms with Crippen LogP contribution in [0.4, 0.5) is 26.0 Å². The van der Waals surface area contributed by atoms with Crippen LogP contribution in [0, 0.1) is 11.6 Å². The summed E-state index contributed by atoms with van der Waals surface area (Å²) in [6.07, 6.45) is 4.04. The molecule has 0 bridgehead atoms. The van der Waals surface area contributed by atoms with Crippen molar-refractivity contribution in [3.8, 4) is 0 Å². The van der Waals surface area contributed by atoms with Gasteiger partial charge in [0, 0.05) is 26.2 Å². The van der Waals surface area contributed by atoms with Crippen LogP contribution in [-0.4, -0.2) is 34.2 Å². The van der Waals surface area contributed by atoms with Crippen molar-refractivity contribution in [2.45, 2.75) is 26.2 Å². The minimum atomic E-state index is -2.07. The Morgan fingerprint density at radius 3 is 2.43 bits per heavy atom. The molecular weight excluding hydrogens is 416 g/mol. The highest BCUT2D eigenvalue weighted by Crippen LogP contribution is 2.27. The number of nitrogens with zero attached hydrogens (tertiary/aromatic N) is 2. The summed E-state index contributed by atoms with van der Waals surface area (Å²) in [5.41, 5.74) is -0.781. The molecule has 0 aliphatic carbocycles. The number of aromatic nitrogens is 1. The van der Waals surface area contributed by atoms with Gasteiger partial charge in [-0.2, -0.15) is 4.72 Å². The molecule has 1 unspecified atom stereocenters. The number of amides is 2. The SMILES string of the molecule is CC(=O)Nc1ccc(C(=O)Nc2c(F)ccc(N[SH+](=O)N3CCCCC3)c2F)cn1. The fourth-order valence-electron chi connectivity index (χ4n) is 2.95. The molecule has 1 atom stereocenters. The van der Waals surface area contributed by atoms with E-state index in [2.05, 4.69) is 20.3 Å². The summed E-state index contributed by atoms with van der Waals surface area (Å²) in [7, 11) is 0. The Morgan fingerprint density at radius 2 is 1.80 bits per heavy atom. The quantitative estimate of drug-likeness (QED) is 0.476. The summed E-state index contributed by atoms with van der Waals surface area (Å²) >= 11 is -2.07. The van der Waals surface area contributed by atoms with Gasteiger partial charge >= 0.3 is 0 Å². The zero-order valence-corrected chi connectivity index (χ0v) is 17.1. The summed E-state index contributed by atoms with van der Waals surface area (Å²) in [6.45, 7) is 2.58. The number of halogens is 2. The molecule has 3 N–H and O–H groups in total. The molecule has 8 nitrogen and oxygen atoms in total. The van der Waals surface area contributed by atoms with Crippen LogP contribution in [0.25, 0.3) is 0 Å². The van der Waals surface area contributed by atoms with Crippen molar-refractivity contribution in [3.63, 3.8) is 0 Å². The Morgan fingerprint density at radius 1 is 1.07 bits per heavy atom. The zero-order valence-electron chi connectivity index (χ0n) is 16.2. The summed E-state index contributed by atoms with van der Waals surface area (Å²) in [4.78, 5) is 27.3. The molecule has 1 saturated heterocycles. The van der Waals surface area contributed by atoms with Gasteiger partial charge in [-0.1, -0.05) is 10.6 Å². The molecule has 11 heteroatoms. The first kappa shape index (κ1) is 21.8. The Labute approximate surface area is 174 Å². The predicted molar refractivity (Wildman–Crippen MR) is 111 cm³/mol. The predicted octanol–water partition coefficient (Wildman–Crippen LogP) is 2.99. The van der Waals surface area contributed by atoms with Gasteiger partial charge in [0.25, 0.3) is 5.91 Å². The smallest absolute Gasteiger partial charge is 0.257 e. The van der Waals surface area contributed by atoms with E-state index >= 15 is 0 Å². The number of nitrogens with one attached hydrogen (secondary N) is 3. The Kier molecular flexibility index (Phi) is 7.06. The van der Waals surface area contributed by atoms with E-state index in [0.29, 0.717) is 13.1 Å². The number of benzene rings is 1. The Balaban J connectivity index is 1.73. The lowest BCUT2D eigenvalue weighted by Crippen LogP contribution is -2.34. The standard InChI is InChI=1S/C19H21F2N5O3S/c1-12(27)23-16-8-5-13(11-22-16)19(28)24-18-14(20)6-7-15(17(18)21)25-30(29)26-9-3-2-4-10-26/h5-8,11H,2-4,9-10H2,1H3,(H,24,28)(H,25,29)(H,22,23,27)/p+1. The second kappa shape index (κ2) is 9.72. The number of carbonyl (C=O) groups excluding carboxylic acids is 2. The molecule has 1 aliphatic rings. The van der Waals surface area contributed by atoms with Crippen molar-refractivity contribution >= 4 is 40.2 Å². The highest BCUT2D eigenvalue weighted by molar-refractivity contribution is 7.83. The van der Waals surface area contributed by atoms with Crippen LogP contribution < -0.4 is 15.4 Å². The second-order valence-electron chi connectivity index (χ2n) is 6.75. The molecule has 1 aliphatic heterocycles. The molecule has 3 rings (SSSR count). The minimum Gasteiger partial charge on any atom is -0.317 e. The highest BCUT2D eigenvalue weighted by atomic mass is 32.2. The van der Waals surface area contributed by atoms with Gasteiger partial charge < -0.3 is 10.6 Å². The maximum absolute atomic E-state index is 14.8. The van der Waals surface area contributed by atoms with Crippen LogP contribution >= 0.6 is 0 Å². The van der Waals surface area contributed by atoms with Crippen LogP contribution in [0.5, 0.6) is 0 Å². The molecule has 1 aromatic heterocycles.